The quantitative estimate of drug-likeness (QED) is 0.749. The lowest BCUT2D eigenvalue weighted by molar-refractivity contribution is 0.143. The molecule has 0 radical (unpaired) electrons. The number of rotatable bonds is 8. The highest BCUT2D eigenvalue weighted by atomic mass is 79.9. The Hall–Kier alpha value is -0.650. The second kappa shape index (κ2) is 8.44. The molecule has 0 aliphatic carbocycles. The molecule has 0 saturated carbocycles. The standard InChI is InChI=1S/C12H19BrN2O2/c1-3-4-14-8-10-7-11(13)9-15-12(10)17-6-5-16-2/h7,9,14H,3-6,8H2,1-2H3. The number of hydrogen-bond acceptors (Lipinski definition) is 4. The summed E-state index contributed by atoms with van der Waals surface area (Å²) < 4.78 is 11.5. The zero-order valence-corrected chi connectivity index (χ0v) is 11.9. The van der Waals surface area contributed by atoms with Gasteiger partial charge >= 0.3 is 0 Å². The predicted octanol–water partition coefficient (Wildman–Crippen LogP) is 2.37. The molecule has 1 N–H and O–H groups in total. The predicted molar refractivity (Wildman–Crippen MR) is 71.3 cm³/mol. The molecule has 4 nitrogen and oxygen atoms in total. The monoisotopic (exact) mass is 302 g/mol. The molecule has 5 heteroatoms. The van der Waals surface area contributed by atoms with Crippen molar-refractivity contribution in [1.82, 2.24) is 10.3 Å². The van der Waals surface area contributed by atoms with Crippen molar-refractivity contribution in [3.63, 3.8) is 0 Å². The average molecular weight is 303 g/mol. The van der Waals surface area contributed by atoms with Gasteiger partial charge in [0.05, 0.1) is 6.61 Å². The highest BCUT2D eigenvalue weighted by Gasteiger charge is 2.06. The minimum absolute atomic E-state index is 0.520. The number of nitrogens with one attached hydrogen (secondary N) is 1. The van der Waals surface area contributed by atoms with Crippen LogP contribution < -0.4 is 10.1 Å². The number of pyridine rings is 1. The lowest BCUT2D eigenvalue weighted by atomic mass is 10.2. The third-order valence-corrected chi connectivity index (χ3v) is 2.59. The molecule has 0 spiro atoms. The van der Waals surface area contributed by atoms with Crippen LogP contribution in [0.3, 0.4) is 0 Å². The van der Waals surface area contributed by atoms with Crippen molar-refractivity contribution in [1.29, 1.82) is 0 Å². The Morgan fingerprint density at radius 2 is 2.24 bits per heavy atom. The molecule has 1 aromatic heterocycles. The lowest BCUT2D eigenvalue weighted by Crippen LogP contribution is -2.16. The molecule has 0 aromatic carbocycles. The van der Waals surface area contributed by atoms with Crippen LogP contribution in [-0.2, 0) is 11.3 Å². The van der Waals surface area contributed by atoms with E-state index in [9.17, 15) is 0 Å². The zero-order valence-electron chi connectivity index (χ0n) is 10.3. The van der Waals surface area contributed by atoms with Crippen LogP contribution in [0.15, 0.2) is 16.7 Å². The first-order valence-electron chi connectivity index (χ1n) is 5.74. The van der Waals surface area contributed by atoms with Crippen molar-refractivity contribution >= 4 is 15.9 Å². The minimum Gasteiger partial charge on any atom is -0.475 e. The van der Waals surface area contributed by atoms with Crippen LogP contribution in [0.4, 0.5) is 0 Å². The van der Waals surface area contributed by atoms with Crippen LogP contribution >= 0.6 is 15.9 Å². The molecule has 96 valence electrons. The van der Waals surface area contributed by atoms with E-state index < -0.39 is 0 Å². The Labute approximate surface area is 111 Å². The van der Waals surface area contributed by atoms with Gasteiger partial charge in [-0.3, -0.25) is 0 Å². The Kier molecular flexibility index (Phi) is 7.16. The van der Waals surface area contributed by atoms with Crippen molar-refractivity contribution < 1.29 is 9.47 Å². The van der Waals surface area contributed by atoms with Crippen molar-refractivity contribution in [2.24, 2.45) is 0 Å². The SMILES string of the molecule is CCCNCc1cc(Br)cnc1OCCOC. The number of hydrogen-bond donors (Lipinski definition) is 1. The Balaban J connectivity index is 2.59. The maximum atomic E-state index is 5.57. The molecular formula is C12H19BrN2O2. The molecule has 0 bridgehead atoms. The number of halogens is 1. The Morgan fingerprint density at radius 3 is 2.94 bits per heavy atom. The molecule has 0 saturated heterocycles. The van der Waals surface area contributed by atoms with Crippen molar-refractivity contribution in [3.8, 4) is 5.88 Å². The highest BCUT2D eigenvalue weighted by molar-refractivity contribution is 9.10. The van der Waals surface area contributed by atoms with Crippen molar-refractivity contribution in [2.75, 3.05) is 26.9 Å². The van der Waals surface area contributed by atoms with Crippen LogP contribution in [0.2, 0.25) is 0 Å². The van der Waals surface area contributed by atoms with Gasteiger partial charge < -0.3 is 14.8 Å². The molecule has 1 heterocycles. The van der Waals surface area contributed by atoms with Gasteiger partial charge in [0.1, 0.15) is 6.61 Å². The lowest BCUT2D eigenvalue weighted by Gasteiger charge is -2.11. The fourth-order valence-electron chi connectivity index (χ4n) is 1.35. The van der Waals surface area contributed by atoms with Gasteiger partial charge in [0.2, 0.25) is 5.88 Å². The molecule has 0 atom stereocenters. The summed E-state index contributed by atoms with van der Waals surface area (Å²) in [7, 11) is 1.65. The second-order valence-electron chi connectivity index (χ2n) is 3.64. The summed E-state index contributed by atoms with van der Waals surface area (Å²) in [4.78, 5) is 4.26. The molecular weight excluding hydrogens is 284 g/mol. The maximum Gasteiger partial charge on any atom is 0.217 e. The van der Waals surface area contributed by atoms with E-state index in [0.717, 1.165) is 29.5 Å². The smallest absolute Gasteiger partial charge is 0.217 e. The summed E-state index contributed by atoms with van der Waals surface area (Å²) in [6.07, 6.45) is 2.85. The summed E-state index contributed by atoms with van der Waals surface area (Å²) in [5.41, 5.74) is 1.06. The molecule has 0 aliphatic rings. The molecule has 0 fully saturated rings. The largest absolute Gasteiger partial charge is 0.475 e. The average Bonchev–Trinajstić information content (AvgIpc) is 2.32. The number of methoxy groups -OCH3 is 1. The first kappa shape index (κ1) is 14.4. The first-order chi connectivity index (χ1) is 8.27. The summed E-state index contributed by atoms with van der Waals surface area (Å²) in [5.74, 6) is 0.675. The van der Waals surface area contributed by atoms with E-state index in [1.54, 1.807) is 13.3 Å². The van der Waals surface area contributed by atoms with Gasteiger partial charge in [-0.2, -0.15) is 0 Å². The van der Waals surface area contributed by atoms with E-state index in [0.29, 0.717) is 19.1 Å². The molecule has 0 unspecified atom stereocenters. The number of nitrogens with zero attached hydrogens (tertiary/aromatic N) is 1. The maximum absolute atomic E-state index is 5.57. The fourth-order valence-corrected chi connectivity index (χ4v) is 1.73. The van der Waals surface area contributed by atoms with E-state index >= 15 is 0 Å². The summed E-state index contributed by atoms with van der Waals surface area (Å²) >= 11 is 3.42. The number of aromatic nitrogens is 1. The van der Waals surface area contributed by atoms with Gasteiger partial charge in [-0.25, -0.2) is 4.98 Å². The van der Waals surface area contributed by atoms with Crippen LogP contribution in [-0.4, -0.2) is 31.9 Å². The van der Waals surface area contributed by atoms with Gasteiger partial charge in [0, 0.05) is 29.9 Å². The van der Waals surface area contributed by atoms with E-state index in [2.05, 4.69) is 33.2 Å². The van der Waals surface area contributed by atoms with E-state index in [1.165, 1.54) is 0 Å². The molecule has 0 aliphatic heterocycles. The van der Waals surface area contributed by atoms with Crippen LogP contribution in [0.5, 0.6) is 5.88 Å². The first-order valence-corrected chi connectivity index (χ1v) is 6.54. The Morgan fingerprint density at radius 1 is 1.41 bits per heavy atom. The molecule has 1 aromatic rings. The molecule has 1 rings (SSSR count). The fraction of sp³-hybridized carbons (Fsp3) is 0.583. The van der Waals surface area contributed by atoms with E-state index in [1.807, 2.05) is 6.07 Å². The minimum atomic E-state index is 0.520. The molecule has 17 heavy (non-hydrogen) atoms. The third kappa shape index (κ3) is 5.48. The normalized spacial score (nSPS) is 10.5. The van der Waals surface area contributed by atoms with E-state index in [-0.39, 0.29) is 0 Å². The summed E-state index contributed by atoms with van der Waals surface area (Å²) in [5, 5.41) is 3.34. The topological polar surface area (TPSA) is 43.4 Å². The van der Waals surface area contributed by atoms with E-state index in [4.69, 9.17) is 9.47 Å². The highest BCUT2D eigenvalue weighted by Crippen LogP contribution is 2.19. The third-order valence-electron chi connectivity index (χ3n) is 2.16. The molecule has 0 amide bonds. The van der Waals surface area contributed by atoms with Crippen LogP contribution in [0.25, 0.3) is 0 Å². The summed E-state index contributed by atoms with van der Waals surface area (Å²) in [6, 6.07) is 2.03. The van der Waals surface area contributed by atoms with Gasteiger partial charge in [0.15, 0.2) is 0 Å². The summed E-state index contributed by atoms with van der Waals surface area (Å²) in [6.45, 7) is 4.99. The van der Waals surface area contributed by atoms with Crippen molar-refractivity contribution in [3.05, 3.63) is 22.3 Å². The Bertz CT molecular complexity index is 334. The second-order valence-corrected chi connectivity index (χ2v) is 4.55. The van der Waals surface area contributed by atoms with Gasteiger partial charge in [0.25, 0.3) is 0 Å². The van der Waals surface area contributed by atoms with Gasteiger partial charge in [-0.05, 0) is 35.0 Å². The van der Waals surface area contributed by atoms with Gasteiger partial charge in [-0.1, -0.05) is 6.92 Å². The van der Waals surface area contributed by atoms with Crippen LogP contribution in [0, 0.1) is 0 Å². The zero-order chi connectivity index (χ0) is 12.5. The number of ether oxygens (including phenoxy) is 2. The van der Waals surface area contributed by atoms with Gasteiger partial charge in [-0.15, -0.1) is 0 Å². The van der Waals surface area contributed by atoms with Crippen molar-refractivity contribution in [2.45, 2.75) is 19.9 Å². The van der Waals surface area contributed by atoms with Crippen LogP contribution in [0.1, 0.15) is 18.9 Å².